The first-order valence-electron chi connectivity index (χ1n) is 11.5. The minimum Gasteiger partial charge on any atom is -0.507 e. The molecular formula is C26H19F3N6O4. The molecule has 1 saturated heterocycles. The number of anilines is 1. The molecule has 3 heterocycles. The number of alkyl halides is 3. The molecule has 5 rings (SSSR count). The Morgan fingerprint density at radius 2 is 1.72 bits per heavy atom. The van der Waals surface area contributed by atoms with Crippen LogP contribution in [0.1, 0.15) is 28.4 Å². The number of halogens is 3. The van der Waals surface area contributed by atoms with Gasteiger partial charge in [0.25, 0.3) is 5.78 Å². The number of carbonyl (C=O) groups is 2. The van der Waals surface area contributed by atoms with E-state index in [9.17, 15) is 27.9 Å². The van der Waals surface area contributed by atoms with Crippen LogP contribution in [0.5, 0.6) is 5.75 Å². The van der Waals surface area contributed by atoms with Crippen molar-refractivity contribution in [3.8, 4) is 5.75 Å². The van der Waals surface area contributed by atoms with Gasteiger partial charge in [0.05, 0.1) is 23.9 Å². The van der Waals surface area contributed by atoms with E-state index in [4.69, 9.17) is 0 Å². The zero-order valence-electron chi connectivity index (χ0n) is 20.2. The second kappa shape index (κ2) is 10.0. The van der Waals surface area contributed by atoms with Gasteiger partial charge in [0.2, 0.25) is 0 Å². The van der Waals surface area contributed by atoms with Gasteiger partial charge in [0.1, 0.15) is 24.2 Å². The molecule has 0 radical (unpaired) electrons. The van der Waals surface area contributed by atoms with E-state index in [0.717, 1.165) is 34.7 Å². The number of aromatic nitrogens is 5. The zero-order valence-corrected chi connectivity index (χ0v) is 20.2. The van der Waals surface area contributed by atoms with Crippen LogP contribution in [-0.4, -0.2) is 48.1 Å². The quantitative estimate of drug-likeness (QED) is 0.223. The number of hydrogen-bond acceptors (Lipinski definition) is 8. The number of nitrogens with zero attached hydrogens (tertiary/aromatic N) is 6. The number of amides is 1. The van der Waals surface area contributed by atoms with Crippen LogP contribution in [0.4, 0.5) is 19.0 Å². The van der Waals surface area contributed by atoms with Gasteiger partial charge in [-0.25, -0.2) is 9.67 Å². The fraction of sp³-hybridized carbons (Fsp3) is 0.154. The summed E-state index contributed by atoms with van der Waals surface area (Å²) in [5, 5.41) is 23.3. The van der Waals surface area contributed by atoms with Crippen molar-refractivity contribution < 1.29 is 32.6 Å². The van der Waals surface area contributed by atoms with Gasteiger partial charge in [-0.3, -0.25) is 14.5 Å². The lowest BCUT2D eigenvalue weighted by molar-refractivity contribution is -0.274. The highest BCUT2D eigenvalue weighted by Gasteiger charge is 2.47. The topological polar surface area (TPSA) is 123 Å². The average molecular weight is 536 g/mol. The highest BCUT2D eigenvalue weighted by atomic mass is 19.4. The Bertz CT molecular complexity index is 1530. The number of hydrogen-bond donors (Lipinski definition) is 1. The monoisotopic (exact) mass is 536 g/mol. The Labute approximate surface area is 219 Å². The third-order valence-corrected chi connectivity index (χ3v) is 5.94. The summed E-state index contributed by atoms with van der Waals surface area (Å²) in [6, 6.07) is 13.3. The van der Waals surface area contributed by atoms with Gasteiger partial charge in [-0.15, -0.1) is 18.3 Å². The molecule has 198 valence electrons. The first-order chi connectivity index (χ1) is 18.6. The maximum atomic E-state index is 13.2. The van der Waals surface area contributed by atoms with Crippen LogP contribution in [0.3, 0.4) is 0 Å². The predicted octanol–water partition coefficient (Wildman–Crippen LogP) is 3.95. The molecule has 1 atom stereocenters. The lowest BCUT2D eigenvalue weighted by Gasteiger charge is -2.24. The van der Waals surface area contributed by atoms with Gasteiger partial charge in [0.15, 0.2) is 5.82 Å². The van der Waals surface area contributed by atoms with Crippen molar-refractivity contribution in [3.63, 3.8) is 0 Å². The maximum absolute atomic E-state index is 13.2. The van der Waals surface area contributed by atoms with E-state index >= 15 is 0 Å². The molecule has 1 amide bonds. The van der Waals surface area contributed by atoms with Crippen molar-refractivity contribution in [2.45, 2.75) is 25.9 Å². The van der Waals surface area contributed by atoms with Gasteiger partial charge in [0, 0.05) is 5.56 Å². The molecular weight excluding hydrogens is 517 g/mol. The first-order valence-corrected chi connectivity index (χ1v) is 11.5. The summed E-state index contributed by atoms with van der Waals surface area (Å²) < 4.78 is 43.2. The number of benzene rings is 2. The molecule has 0 bridgehead atoms. The van der Waals surface area contributed by atoms with Crippen molar-refractivity contribution in [2.75, 3.05) is 4.90 Å². The van der Waals surface area contributed by atoms with Crippen molar-refractivity contribution in [3.05, 3.63) is 101 Å². The Kier molecular flexibility index (Phi) is 6.56. The van der Waals surface area contributed by atoms with Crippen LogP contribution in [-0.2, 0) is 16.1 Å². The standard InChI is InChI=1S/C26H19F3N6O4/c1-15-2-11-20(33-32-15)35-22(17-5-3-16(4-6-17)12-34-14-30-13-31-34)21(24(37)25(35)38)23(36)18-7-9-19(10-8-18)39-26(27,28)29/h2-11,13-14,22,36H,12H2,1H3. The molecule has 1 N–H and O–H groups in total. The number of ketones is 1. The molecule has 4 aromatic rings. The molecule has 10 nitrogen and oxygen atoms in total. The number of aliphatic hydroxyl groups is 1. The van der Waals surface area contributed by atoms with E-state index in [0.29, 0.717) is 17.8 Å². The third-order valence-electron chi connectivity index (χ3n) is 5.94. The summed E-state index contributed by atoms with van der Waals surface area (Å²) in [5.41, 5.74) is 1.70. The molecule has 39 heavy (non-hydrogen) atoms. The van der Waals surface area contributed by atoms with Crippen LogP contribution >= 0.6 is 0 Å². The smallest absolute Gasteiger partial charge is 0.507 e. The van der Waals surface area contributed by atoms with Crippen LogP contribution in [0.15, 0.2) is 78.9 Å². The van der Waals surface area contributed by atoms with E-state index < -0.39 is 35.6 Å². The van der Waals surface area contributed by atoms with Gasteiger partial charge in [-0.2, -0.15) is 10.2 Å². The minimum absolute atomic E-state index is 0.0188. The van der Waals surface area contributed by atoms with Gasteiger partial charge in [-0.1, -0.05) is 24.3 Å². The third kappa shape index (κ3) is 5.32. The number of ether oxygens (including phenoxy) is 1. The Morgan fingerprint density at radius 1 is 1.00 bits per heavy atom. The number of carbonyl (C=O) groups excluding carboxylic acids is 2. The first kappa shape index (κ1) is 25.6. The normalized spacial score (nSPS) is 17.0. The Balaban J connectivity index is 1.58. The molecule has 0 aliphatic carbocycles. The molecule has 1 aliphatic rings. The molecule has 0 saturated carbocycles. The van der Waals surface area contributed by atoms with Crippen molar-refractivity contribution >= 4 is 23.3 Å². The average Bonchev–Trinajstić information content (AvgIpc) is 3.50. The summed E-state index contributed by atoms with van der Waals surface area (Å²) >= 11 is 0. The number of aliphatic hydroxyl groups excluding tert-OH is 1. The molecule has 13 heteroatoms. The fourth-order valence-electron chi connectivity index (χ4n) is 4.18. The fourth-order valence-corrected chi connectivity index (χ4v) is 4.18. The Hall–Kier alpha value is -5.07. The number of aryl methyl sites for hydroxylation is 1. The van der Waals surface area contributed by atoms with E-state index in [1.807, 2.05) is 0 Å². The van der Waals surface area contributed by atoms with Crippen LogP contribution in [0.2, 0.25) is 0 Å². The highest BCUT2D eigenvalue weighted by Crippen LogP contribution is 2.41. The largest absolute Gasteiger partial charge is 0.573 e. The van der Waals surface area contributed by atoms with Crippen molar-refractivity contribution in [1.82, 2.24) is 25.0 Å². The predicted molar refractivity (Wildman–Crippen MR) is 130 cm³/mol. The summed E-state index contributed by atoms with van der Waals surface area (Å²) in [7, 11) is 0. The summed E-state index contributed by atoms with van der Waals surface area (Å²) in [6.07, 6.45) is -1.92. The molecule has 1 unspecified atom stereocenters. The van der Waals surface area contributed by atoms with Gasteiger partial charge < -0.3 is 9.84 Å². The van der Waals surface area contributed by atoms with Crippen LogP contribution in [0, 0.1) is 6.92 Å². The molecule has 1 aliphatic heterocycles. The number of Topliss-reactive ketones (excluding diaryl/α,β-unsaturated/α-hetero) is 1. The minimum atomic E-state index is -4.89. The van der Waals surface area contributed by atoms with Gasteiger partial charge >= 0.3 is 12.3 Å². The highest BCUT2D eigenvalue weighted by molar-refractivity contribution is 6.51. The number of rotatable bonds is 6. The van der Waals surface area contributed by atoms with E-state index in [-0.39, 0.29) is 17.0 Å². The lowest BCUT2D eigenvalue weighted by Crippen LogP contribution is -2.30. The molecule has 0 spiro atoms. The second-order valence-electron chi connectivity index (χ2n) is 8.61. The summed E-state index contributed by atoms with van der Waals surface area (Å²) in [5.74, 6) is -2.90. The van der Waals surface area contributed by atoms with E-state index in [2.05, 4.69) is 25.0 Å². The Morgan fingerprint density at radius 3 is 2.31 bits per heavy atom. The van der Waals surface area contributed by atoms with Crippen molar-refractivity contribution in [2.24, 2.45) is 0 Å². The SMILES string of the molecule is Cc1ccc(N2C(=O)C(=O)C(=C(O)c3ccc(OC(F)(F)F)cc3)C2c2ccc(Cn3cncn3)cc2)nn1. The molecule has 1 fully saturated rings. The zero-order chi connectivity index (χ0) is 27.7. The summed E-state index contributed by atoms with van der Waals surface area (Å²) in [4.78, 5) is 31.5. The van der Waals surface area contributed by atoms with Crippen LogP contribution in [0.25, 0.3) is 5.76 Å². The molecule has 2 aromatic carbocycles. The van der Waals surface area contributed by atoms with E-state index in [1.165, 1.54) is 12.4 Å². The molecule has 2 aromatic heterocycles. The van der Waals surface area contributed by atoms with Crippen molar-refractivity contribution in [1.29, 1.82) is 0 Å². The lowest BCUT2D eigenvalue weighted by atomic mass is 9.94. The summed E-state index contributed by atoms with van der Waals surface area (Å²) in [6.45, 7) is 2.14. The van der Waals surface area contributed by atoms with Crippen LogP contribution < -0.4 is 9.64 Å². The maximum Gasteiger partial charge on any atom is 0.573 e. The second-order valence-corrected chi connectivity index (χ2v) is 8.61. The van der Waals surface area contributed by atoms with E-state index in [1.54, 1.807) is 48.3 Å². The van der Waals surface area contributed by atoms with Gasteiger partial charge in [-0.05, 0) is 54.4 Å².